The van der Waals surface area contributed by atoms with Crippen LogP contribution in [0.15, 0.2) is 60.7 Å². The Morgan fingerprint density at radius 3 is 1.95 bits per heavy atom. The lowest BCUT2D eigenvalue weighted by molar-refractivity contribution is 1.46. The van der Waals surface area contributed by atoms with E-state index in [0.29, 0.717) is 0 Å². The lowest BCUT2D eigenvalue weighted by Gasteiger charge is -2.03. The molecule has 0 nitrogen and oxygen atoms in total. The zero-order chi connectivity index (χ0) is 15.9. The lowest BCUT2D eigenvalue weighted by atomic mass is 10.0. The van der Waals surface area contributed by atoms with Crippen molar-refractivity contribution in [3.63, 3.8) is 0 Å². The molecule has 3 aromatic rings. The number of fused-ring (bicyclic) bond motifs is 1. The van der Waals surface area contributed by atoms with E-state index in [1.54, 1.807) is 0 Å². The van der Waals surface area contributed by atoms with E-state index < -0.39 is 0 Å². The average molecular weight is 286 g/mol. The average Bonchev–Trinajstić information content (AvgIpc) is 2.58. The van der Waals surface area contributed by atoms with E-state index in [9.17, 15) is 0 Å². The maximum atomic E-state index is 3.30. The van der Waals surface area contributed by atoms with Gasteiger partial charge in [-0.15, -0.1) is 0 Å². The van der Waals surface area contributed by atoms with Crippen molar-refractivity contribution >= 4 is 10.8 Å². The summed E-state index contributed by atoms with van der Waals surface area (Å²) in [6.07, 6.45) is 0. The van der Waals surface area contributed by atoms with Crippen molar-refractivity contribution < 1.29 is 0 Å². The van der Waals surface area contributed by atoms with Crippen LogP contribution in [-0.4, -0.2) is 0 Å². The van der Waals surface area contributed by atoms with E-state index in [4.69, 9.17) is 0 Å². The number of rotatable bonds is 0. The molecule has 0 aliphatic rings. The first-order valence-corrected chi connectivity index (χ1v) is 7.81. The minimum Gasteiger partial charge on any atom is -0.0683 e. The molecule has 0 heterocycles. The largest absolute Gasteiger partial charge is 0.0683 e. The zero-order valence-electron chi connectivity index (χ0n) is 13.8. The van der Waals surface area contributed by atoms with Gasteiger partial charge in [-0.25, -0.2) is 0 Å². The van der Waals surface area contributed by atoms with Gasteiger partial charge in [-0.2, -0.15) is 0 Å². The highest BCUT2D eigenvalue weighted by Crippen LogP contribution is 2.21. The minimum absolute atomic E-state index is 1.06. The second kappa shape index (κ2) is 7.48. The molecule has 0 radical (unpaired) electrons. The molecule has 0 saturated carbocycles. The van der Waals surface area contributed by atoms with Crippen LogP contribution in [-0.2, 0) is 0 Å². The Morgan fingerprint density at radius 2 is 1.27 bits per heavy atom. The van der Waals surface area contributed by atoms with Crippen LogP contribution < -0.4 is 0 Å². The van der Waals surface area contributed by atoms with Gasteiger partial charge >= 0.3 is 0 Å². The summed E-state index contributed by atoms with van der Waals surface area (Å²) in [7, 11) is 0. The predicted octanol–water partition coefficient (Wildman–Crippen LogP) is 5.88. The van der Waals surface area contributed by atoms with E-state index in [1.165, 1.54) is 21.9 Å². The molecule has 0 aliphatic carbocycles. The fraction of sp³-hybridized carbons (Fsp3) is 0.182. The molecule has 0 atom stereocenters. The van der Waals surface area contributed by atoms with Gasteiger partial charge in [-0.05, 0) is 48.4 Å². The van der Waals surface area contributed by atoms with Gasteiger partial charge in [0.15, 0.2) is 0 Å². The lowest BCUT2D eigenvalue weighted by Crippen LogP contribution is -1.83. The van der Waals surface area contributed by atoms with Crippen molar-refractivity contribution in [1.82, 2.24) is 0 Å². The monoisotopic (exact) mass is 286 g/mol. The Balaban J connectivity index is 0.000000847. The summed E-state index contributed by atoms with van der Waals surface area (Å²) < 4.78 is 0. The standard InChI is InChI=1S/C20H16.C2H6/c1-15-7-10-17(11-8-15)12-14-18-13-9-16(2)19-5-3-4-6-20(18)19;1-2/h3-11,13H,1-2H3;1-2H3. The summed E-state index contributed by atoms with van der Waals surface area (Å²) in [6, 6.07) is 21.0. The minimum atomic E-state index is 1.06. The smallest absolute Gasteiger partial charge is 0.0327 e. The molecule has 0 bridgehead atoms. The van der Waals surface area contributed by atoms with Crippen molar-refractivity contribution in [1.29, 1.82) is 0 Å². The topological polar surface area (TPSA) is 0 Å². The first-order valence-electron chi connectivity index (χ1n) is 7.81. The third-order valence-corrected chi connectivity index (χ3v) is 3.54. The summed E-state index contributed by atoms with van der Waals surface area (Å²) in [5.74, 6) is 6.55. The molecule has 22 heavy (non-hydrogen) atoms. The second-order valence-electron chi connectivity index (χ2n) is 5.09. The molecule has 3 aromatic carbocycles. The summed E-state index contributed by atoms with van der Waals surface area (Å²) in [5, 5.41) is 2.51. The Hall–Kier alpha value is -2.52. The van der Waals surface area contributed by atoms with Crippen LogP contribution in [0.1, 0.15) is 36.1 Å². The van der Waals surface area contributed by atoms with Gasteiger partial charge in [0.25, 0.3) is 0 Å². The quantitative estimate of drug-likeness (QED) is 0.452. The third kappa shape index (κ3) is 3.57. The molecule has 0 heteroatoms. The van der Waals surface area contributed by atoms with Gasteiger partial charge in [0.2, 0.25) is 0 Å². The zero-order valence-corrected chi connectivity index (χ0v) is 13.8. The molecule has 0 N–H and O–H groups in total. The Bertz CT molecular complexity index is 812. The van der Waals surface area contributed by atoms with Crippen LogP contribution in [0.2, 0.25) is 0 Å². The highest BCUT2D eigenvalue weighted by molar-refractivity contribution is 5.90. The first kappa shape index (κ1) is 15.9. The van der Waals surface area contributed by atoms with Crippen molar-refractivity contribution in [2.75, 3.05) is 0 Å². The van der Waals surface area contributed by atoms with E-state index in [1.807, 2.05) is 13.8 Å². The molecule has 0 aliphatic heterocycles. The van der Waals surface area contributed by atoms with Gasteiger partial charge in [-0.3, -0.25) is 0 Å². The van der Waals surface area contributed by atoms with E-state index in [0.717, 1.165) is 11.1 Å². The van der Waals surface area contributed by atoms with Gasteiger partial charge in [0.05, 0.1) is 0 Å². The number of aryl methyl sites for hydroxylation is 2. The Kier molecular flexibility index (Phi) is 5.39. The van der Waals surface area contributed by atoms with E-state index >= 15 is 0 Å². The van der Waals surface area contributed by atoms with Crippen LogP contribution >= 0.6 is 0 Å². The fourth-order valence-electron chi connectivity index (χ4n) is 2.34. The maximum Gasteiger partial charge on any atom is 0.0327 e. The van der Waals surface area contributed by atoms with Crippen molar-refractivity contribution in [2.45, 2.75) is 27.7 Å². The van der Waals surface area contributed by atoms with Crippen LogP contribution in [0.3, 0.4) is 0 Å². The highest BCUT2D eigenvalue weighted by Gasteiger charge is 2.00. The molecule has 0 spiro atoms. The molecular weight excluding hydrogens is 264 g/mol. The SMILES string of the molecule is CC.Cc1ccc(C#Cc2ccc(C)c3ccccc23)cc1. The number of hydrogen-bond donors (Lipinski definition) is 0. The van der Waals surface area contributed by atoms with Crippen LogP contribution in [0, 0.1) is 25.7 Å². The highest BCUT2D eigenvalue weighted by atomic mass is 14.0. The Morgan fingerprint density at radius 1 is 0.636 bits per heavy atom. The molecule has 3 rings (SSSR count). The fourth-order valence-corrected chi connectivity index (χ4v) is 2.34. The second-order valence-corrected chi connectivity index (χ2v) is 5.09. The van der Waals surface area contributed by atoms with Crippen LogP contribution in [0.25, 0.3) is 10.8 Å². The van der Waals surface area contributed by atoms with Crippen LogP contribution in [0.5, 0.6) is 0 Å². The van der Waals surface area contributed by atoms with Gasteiger partial charge in [0, 0.05) is 11.1 Å². The molecule has 0 aromatic heterocycles. The van der Waals surface area contributed by atoms with Gasteiger partial charge < -0.3 is 0 Å². The Labute approximate surface area is 133 Å². The first-order chi connectivity index (χ1) is 10.7. The summed E-state index contributed by atoms with van der Waals surface area (Å²) in [5.41, 5.74) is 4.70. The molecule has 0 unspecified atom stereocenters. The molecule has 0 saturated heterocycles. The summed E-state index contributed by atoms with van der Waals surface area (Å²) in [4.78, 5) is 0. The molecular formula is C22H22. The number of hydrogen-bond acceptors (Lipinski definition) is 0. The van der Waals surface area contributed by atoms with Crippen molar-refractivity contribution in [3.8, 4) is 11.8 Å². The van der Waals surface area contributed by atoms with E-state index in [2.05, 4.69) is 86.4 Å². The normalized spacial score (nSPS) is 9.45. The van der Waals surface area contributed by atoms with E-state index in [-0.39, 0.29) is 0 Å². The third-order valence-electron chi connectivity index (χ3n) is 3.54. The molecule has 0 fully saturated rings. The molecule has 0 amide bonds. The van der Waals surface area contributed by atoms with Crippen molar-refractivity contribution in [3.05, 3.63) is 82.9 Å². The van der Waals surface area contributed by atoms with Crippen LogP contribution in [0.4, 0.5) is 0 Å². The molecule has 110 valence electrons. The maximum absolute atomic E-state index is 3.30. The summed E-state index contributed by atoms with van der Waals surface area (Å²) in [6.45, 7) is 8.23. The van der Waals surface area contributed by atoms with Gasteiger partial charge in [0.1, 0.15) is 0 Å². The number of benzene rings is 3. The van der Waals surface area contributed by atoms with Crippen molar-refractivity contribution in [2.24, 2.45) is 0 Å². The predicted molar refractivity (Wildman–Crippen MR) is 97.2 cm³/mol. The van der Waals surface area contributed by atoms with Gasteiger partial charge in [-0.1, -0.05) is 73.7 Å². The summed E-state index contributed by atoms with van der Waals surface area (Å²) >= 11 is 0.